The highest BCUT2D eigenvalue weighted by Crippen LogP contribution is 2.28. The molecule has 20 heavy (non-hydrogen) atoms. The summed E-state index contributed by atoms with van der Waals surface area (Å²) in [4.78, 5) is 12.8. The van der Waals surface area contributed by atoms with Crippen molar-refractivity contribution < 1.29 is 14.6 Å². The van der Waals surface area contributed by atoms with E-state index in [0.29, 0.717) is 5.16 Å². The molecule has 112 valence electrons. The normalized spacial score (nSPS) is 19.0. The van der Waals surface area contributed by atoms with E-state index in [1.807, 2.05) is 18.4 Å². The largest absolute Gasteiger partial charge is 0.481 e. The van der Waals surface area contributed by atoms with Gasteiger partial charge in [0.1, 0.15) is 0 Å². The number of thioether (sulfide) groups is 1. The lowest BCUT2D eigenvalue weighted by Crippen LogP contribution is -2.26. The first-order valence-electron chi connectivity index (χ1n) is 6.60. The fraction of sp³-hybridized carbons (Fsp3) is 0.750. The molecule has 0 aromatic carbocycles. The Morgan fingerprint density at radius 1 is 1.55 bits per heavy atom. The molecule has 1 aromatic rings. The number of rotatable bonds is 6. The number of methoxy groups -OCH3 is 1. The van der Waals surface area contributed by atoms with Crippen LogP contribution in [0.15, 0.2) is 5.16 Å². The molecule has 1 aliphatic rings. The van der Waals surface area contributed by atoms with Gasteiger partial charge < -0.3 is 14.7 Å². The molecule has 1 saturated heterocycles. The first kappa shape index (κ1) is 15.1. The summed E-state index contributed by atoms with van der Waals surface area (Å²) in [5.74, 6) is -0.0612. The van der Waals surface area contributed by atoms with E-state index in [2.05, 4.69) is 15.1 Å². The van der Waals surface area contributed by atoms with Gasteiger partial charge in [0, 0.05) is 26.2 Å². The van der Waals surface area contributed by atoms with Gasteiger partial charge in [0.2, 0.25) is 5.95 Å². The lowest BCUT2D eigenvalue weighted by molar-refractivity contribution is -0.133. The molecule has 0 saturated carbocycles. The lowest BCUT2D eigenvalue weighted by Gasteiger charge is -2.21. The van der Waals surface area contributed by atoms with Crippen molar-refractivity contribution in [2.75, 3.05) is 30.9 Å². The maximum Gasteiger partial charge on any atom is 0.313 e. The average molecular weight is 300 g/mol. The molecule has 8 heteroatoms. The minimum atomic E-state index is -0.851. The Hall–Kier alpha value is -1.28. The number of hydrogen-bond donors (Lipinski definition) is 1. The third-order valence-electron chi connectivity index (χ3n) is 3.25. The summed E-state index contributed by atoms with van der Waals surface area (Å²) in [6, 6.07) is 0.179. The predicted octanol–water partition coefficient (Wildman–Crippen LogP) is 1.26. The maximum absolute atomic E-state index is 10.7. The maximum atomic E-state index is 10.7. The van der Waals surface area contributed by atoms with Crippen LogP contribution in [0.3, 0.4) is 0 Å². The Morgan fingerprint density at radius 3 is 2.85 bits per heavy atom. The summed E-state index contributed by atoms with van der Waals surface area (Å²) in [6.07, 6.45) is 1.20. The number of nitrogens with zero attached hydrogens (tertiary/aromatic N) is 4. The Balaban J connectivity index is 2.18. The van der Waals surface area contributed by atoms with E-state index in [-0.39, 0.29) is 17.9 Å². The van der Waals surface area contributed by atoms with Crippen LogP contribution in [0.4, 0.5) is 5.95 Å². The van der Waals surface area contributed by atoms with Gasteiger partial charge in [-0.05, 0) is 20.3 Å². The molecule has 1 aliphatic heterocycles. The summed E-state index contributed by atoms with van der Waals surface area (Å²) >= 11 is 1.20. The number of carboxylic acids is 1. The van der Waals surface area contributed by atoms with Crippen LogP contribution in [0.2, 0.25) is 0 Å². The van der Waals surface area contributed by atoms with Crippen LogP contribution in [0.25, 0.3) is 0 Å². The highest BCUT2D eigenvalue weighted by molar-refractivity contribution is 7.99. The van der Waals surface area contributed by atoms with Crippen LogP contribution in [0.1, 0.15) is 26.3 Å². The Morgan fingerprint density at radius 2 is 2.30 bits per heavy atom. The Labute approximate surface area is 122 Å². The standard InChI is InChI=1S/C12H20N4O3S/c1-8(2)16-11(15-5-4-9(6-15)19-3)13-14-12(16)20-7-10(17)18/h8-9H,4-7H2,1-3H3,(H,17,18). The predicted molar refractivity (Wildman–Crippen MR) is 76.4 cm³/mol. The molecule has 1 fully saturated rings. The summed E-state index contributed by atoms with van der Waals surface area (Å²) < 4.78 is 7.36. The van der Waals surface area contributed by atoms with Crippen LogP contribution in [-0.4, -0.2) is 57.9 Å². The molecule has 0 radical (unpaired) electrons. The molecule has 2 heterocycles. The molecule has 1 aromatic heterocycles. The highest BCUT2D eigenvalue weighted by atomic mass is 32.2. The monoisotopic (exact) mass is 300 g/mol. The smallest absolute Gasteiger partial charge is 0.313 e. The van der Waals surface area contributed by atoms with E-state index in [4.69, 9.17) is 9.84 Å². The average Bonchev–Trinajstić information content (AvgIpc) is 3.02. The van der Waals surface area contributed by atoms with Crippen molar-refractivity contribution in [2.24, 2.45) is 0 Å². The third-order valence-corrected chi connectivity index (χ3v) is 4.18. The van der Waals surface area contributed by atoms with Gasteiger partial charge in [-0.2, -0.15) is 0 Å². The Bertz CT molecular complexity index is 477. The summed E-state index contributed by atoms with van der Waals surface area (Å²) in [5.41, 5.74) is 0. The molecule has 0 amide bonds. The van der Waals surface area contributed by atoms with Crippen molar-refractivity contribution in [1.82, 2.24) is 14.8 Å². The Kier molecular flexibility index (Phi) is 4.87. The topological polar surface area (TPSA) is 80.5 Å². The van der Waals surface area contributed by atoms with Gasteiger partial charge in [0.05, 0.1) is 11.9 Å². The van der Waals surface area contributed by atoms with E-state index in [1.54, 1.807) is 7.11 Å². The van der Waals surface area contributed by atoms with Gasteiger partial charge >= 0.3 is 5.97 Å². The number of ether oxygens (including phenoxy) is 1. The lowest BCUT2D eigenvalue weighted by atomic mass is 10.3. The molecular weight excluding hydrogens is 280 g/mol. The molecule has 0 spiro atoms. The van der Waals surface area contributed by atoms with E-state index < -0.39 is 5.97 Å². The second-order valence-electron chi connectivity index (χ2n) is 5.02. The van der Waals surface area contributed by atoms with Crippen LogP contribution >= 0.6 is 11.8 Å². The highest BCUT2D eigenvalue weighted by Gasteiger charge is 2.28. The van der Waals surface area contributed by atoms with Crippen LogP contribution in [0.5, 0.6) is 0 Å². The quantitative estimate of drug-likeness (QED) is 0.792. The van der Waals surface area contributed by atoms with Gasteiger partial charge in [0.25, 0.3) is 0 Å². The molecular formula is C12H20N4O3S. The molecule has 1 unspecified atom stereocenters. The number of carbonyl (C=O) groups is 1. The second kappa shape index (κ2) is 6.45. The fourth-order valence-electron chi connectivity index (χ4n) is 2.26. The van der Waals surface area contributed by atoms with E-state index in [1.165, 1.54) is 11.8 Å². The SMILES string of the molecule is COC1CCN(c2nnc(SCC(=O)O)n2C(C)C)C1. The number of aliphatic carboxylic acids is 1. The zero-order valence-electron chi connectivity index (χ0n) is 11.9. The van der Waals surface area contributed by atoms with Crippen molar-refractivity contribution in [3.8, 4) is 0 Å². The molecule has 0 aliphatic carbocycles. The number of aromatic nitrogens is 3. The minimum Gasteiger partial charge on any atom is -0.481 e. The van der Waals surface area contributed by atoms with E-state index in [0.717, 1.165) is 25.5 Å². The third kappa shape index (κ3) is 3.24. The van der Waals surface area contributed by atoms with Crippen molar-refractivity contribution >= 4 is 23.7 Å². The van der Waals surface area contributed by atoms with Crippen molar-refractivity contribution in [2.45, 2.75) is 37.6 Å². The molecule has 1 N–H and O–H groups in total. The second-order valence-corrected chi connectivity index (χ2v) is 5.96. The van der Waals surface area contributed by atoms with Gasteiger partial charge in [-0.15, -0.1) is 10.2 Å². The van der Waals surface area contributed by atoms with Gasteiger partial charge in [-0.25, -0.2) is 0 Å². The van der Waals surface area contributed by atoms with Crippen LogP contribution in [0, 0.1) is 0 Å². The van der Waals surface area contributed by atoms with Crippen molar-refractivity contribution in [1.29, 1.82) is 0 Å². The first-order valence-corrected chi connectivity index (χ1v) is 7.58. The number of carboxylic acid groups (broad SMARTS) is 1. The fourth-order valence-corrected chi connectivity index (χ4v) is 3.05. The number of anilines is 1. The van der Waals surface area contributed by atoms with Gasteiger partial charge in [-0.3, -0.25) is 9.36 Å². The first-order chi connectivity index (χ1) is 9.52. The van der Waals surface area contributed by atoms with E-state index in [9.17, 15) is 4.79 Å². The van der Waals surface area contributed by atoms with Crippen molar-refractivity contribution in [3.05, 3.63) is 0 Å². The summed E-state index contributed by atoms with van der Waals surface area (Å²) in [5, 5.41) is 17.8. The number of hydrogen-bond acceptors (Lipinski definition) is 6. The van der Waals surface area contributed by atoms with Crippen LogP contribution in [-0.2, 0) is 9.53 Å². The zero-order valence-corrected chi connectivity index (χ0v) is 12.8. The van der Waals surface area contributed by atoms with Gasteiger partial charge in [0.15, 0.2) is 5.16 Å². The van der Waals surface area contributed by atoms with Crippen molar-refractivity contribution in [3.63, 3.8) is 0 Å². The van der Waals surface area contributed by atoms with E-state index >= 15 is 0 Å². The van der Waals surface area contributed by atoms with Crippen LogP contribution < -0.4 is 4.90 Å². The molecule has 2 rings (SSSR count). The summed E-state index contributed by atoms with van der Waals surface area (Å²) in [6.45, 7) is 5.76. The summed E-state index contributed by atoms with van der Waals surface area (Å²) in [7, 11) is 1.72. The minimum absolute atomic E-state index is 0.00838. The van der Waals surface area contributed by atoms with Gasteiger partial charge in [-0.1, -0.05) is 11.8 Å². The molecule has 0 bridgehead atoms. The zero-order chi connectivity index (χ0) is 14.7. The molecule has 7 nitrogen and oxygen atoms in total. The molecule has 1 atom stereocenters.